The van der Waals surface area contributed by atoms with Crippen LogP contribution < -0.4 is 5.32 Å². The van der Waals surface area contributed by atoms with E-state index in [0.717, 1.165) is 31.1 Å². The molecule has 0 aliphatic carbocycles. The number of halogens is 1. The zero-order valence-electron chi connectivity index (χ0n) is 11.2. The highest BCUT2D eigenvalue weighted by Gasteiger charge is 2.23. The quantitative estimate of drug-likeness (QED) is 0.904. The van der Waals surface area contributed by atoms with E-state index in [2.05, 4.69) is 25.2 Å². The summed E-state index contributed by atoms with van der Waals surface area (Å²) in [5, 5.41) is 4.57. The zero-order valence-corrected chi connectivity index (χ0v) is 11.9. The summed E-state index contributed by atoms with van der Waals surface area (Å²) in [6, 6.07) is 9.09. The van der Waals surface area contributed by atoms with Gasteiger partial charge in [0.15, 0.2) is 0 Å². The molecular weight excluding hydrogens is 246 g/mol. The van der Waals surface area contributed by atoms with Crippen LogP contribution in [0.5, 0.6) is 0 Å². The molecule has 1 aromatic carbocycles. The smallest absolute Gasteiger partial charge is 0.0506 e. The average Bonchev–Trinajstić information content (AvgIpc) is 2.35. The van der Waals surface area contributed by atoms with Crippen LogP contribution >= 0.6 is 11.6 Å². The first-order chi connectivity index (χ1) is 8.66. The second-order valence-corrected chi connectivity index (χ2v) is 5.72. The Hall–Kier alpha value is -0.570. The van der Waals surface area contributed by atoms with Gasteiger partial charge in [-0.05, 0) is 37.3 Å². The highest BCUT2D eigenvalue weighted by Crippen LogP contribution is 2.19. The molecule has 1 saturated heterocycles. The van der Waals surface area contributed by atoms with Crippen molar-refractivity contribution in [1.29, 1.82) is 0 Å². The van der Waals surface area contributed by atoms with Gasteiger partial charge in [-0.3, -0.25) is 0 Å². The standard InChI is InChI=1S/C15H22ClNO/c1-11-10-18-8-7-15(11)17-12(2)9-13-5-3-4-6-14(13)16/h3-6,11-12,15,17H,7-10H2,1-2H3. The van der Waals surface area contributed by atoms with Crippen LogP contribution in [-0.4, -0.2) is 25.3 Å². The first kappa shape index (κ1) is 13.9. The Morgan fingerprint density at radius 3 is 2.94 bits per heavy atom. The Bertz CT molecular complexity index is 383. The maximum Gasteiger partial charge on any atom is 0.0506 e. The SMILES string of the molecule is CC(Cc1ccccc1Cl)NC1CCOCC1C. The maximum atomic E-state index is 6.19. The molecule has 2 rings (SSSR count). The van der Waals surface area contributed by atoms with E-state index in [4.69, 9.17) is 16.3 Å². The minimum absolute atomic E-state index is 0.440. The van der Waals surface area contributed by atoms with E-state index < -0.39 is 0 Å². The van der Waals surface area contributed by atoms with Crippen molar-refractivity contribution in [3.05, 3.63) is 34.9 Å². The molecule has 1 fully saturated rings. The van der Waals surface area contributed by atoms with Gasteiger partial charge in [0.1, 0.15) is 0 Å². The third-order valence-electron chi connectivity index (χ3n) is 3.62. The van der Waals surface area contributed by atoms with Crippen LogP contribution in [-0.2, 0) is 11.2 Å². The van der Waals surface area contributed by atoms with Gasteiger partial charge in [0.2, 0.25) is 0 Å². The van der Waals surface area contributed by atoms with E-state index in [1.54, 1.807) is 0 Å². The molecule has 0 radical (unpaired) electrons. The molecule has 0 saturated carbocycles. The molecule has 18 heavy (non-hydrogen) atoms. The predicted octanol–water partition coefficient (Wildman–Crippen LogP) is 3.29. The van der Waals surface area contributed by atoms with Gasteiger partial charge in [0.05, 0.1) is 6.61 Å². The zero-order chi connectivity index (χ0) is 13.0. The molecule has 3 heteroatoms. The fourth-order valence-corrected chi connectivity index (χ4v) is 2.76. The van der Waals surface area contributed by atoms with Crippen molar-refractivity contribution in [2.24, 2.45) is 5.92 Å². The van der Waals surface area contributed by atoms with Gasteiger partial charge < -0.3 is 10.1 Å². The van der Waals surface area contributed by atoms with Crippen molar-refractivity contribution in [3.8, 4) is 0 Å². The Balaban J connectivity index is 1.88. The van der Waals surface area contributed by atoms with Crippen molar-refractivity contribution < 1.29 is 4.74 Å². The molecule has 1 aliphatic rings. The third kappa shape index (κ3) is 3.71. The molecule has 0 aromatic heterocycles. The van der Waals surface area contributed by atoms with E-state index in [1.807, 2.05) is 18.2 Å². The lowest BCUT2D eigenvalue weighted by Crippen LogP contribution is -2.46. The second-order valence-electron chi connectivity index (χ2n) is 5.31. The van der Waals surface area contributed by atoms with Gasteiger partial charge in [-0.25, -0.2) is 0 Å². The van der Waals surface area contributed by atoms with E-state index in [0.29, 0.717) is 18.0 Å². The minimum atomic E-state index is 0.440. The Morgan fingerprint density at radius 2 is 2.22 bits per heavy atom. The molecule has 1 N–H and O–H groups in total. The number of nitrogens with one attached hydrogen (secondary N) is 1. The second kappa shape index (κ2) is 6.55. The van der Waals surface area contributed by atoms with Crippen molar-refractivity contribution in [1.82, 2.24) is 5.32 Å². The first-order valence-electron chi connectivity index (χ1n) is 6.74. The molecule has 1 aromatic rings. The van der Waals surface area contributed by atoms with Gasteiger partial charge >= 0.3 is 0 Å². The molecule has 100 valence electrons. The topological polar surface area (TPSA) is 21.3 Å². The van der Waals surface area contributed by atoms with Crippen molar-refractivity contribution in [2.75, 3.05) is 13.2 Å². The summed E-state index contributed by atoms with van der Waals surface area (Å²) >= 11 is 6.19. The van der Waals surface area contributed by atoms with Crippen LogP contribution in [0.15, 0.2) is 24.3 Å². The Kier molecular flexibility index (Phi) is 5.04. The summed E-state index contributed by atoms with van der Waals surface area (Å²) in [6.07, 6.45) is 2.08. The van der Waals surface area contributed by atoms with Crippen LogP contribution in [0.25, 0.3) is 0 Å². The van der Waals surface area contributed by atoms with Crippen molar-refractivity contribution in [2.45, 2.75) is 38.8 Å². The van der Waals surface area contributed by atoms with Crippen LogP contribution in [0.2, 0.25) is 5.02 Å². The summed E-state index contributed by atoms with van der Waals surface area (Å²) in [5.74, 6) is 0.590. The fourth-order valence-electron chi connectivity index (χ4n) is 2.55. The summed E-state index contributed by atoms with van der Waals surface area (Å²) in [7, 11) is 0. The lowest BCUT2D eigenvalue weighted by Gasteiger charge is -2.32. The lowest BCUT2D eigenvalue weighted by atomic mass is 9.96. The van der Waals surface area contributed by atoms with E-state index >= 15 is 0 Å². The molecule has 3 atom stereocenters. The molecule has 0 spiro atoms. The van der Waals surface area contributed by atoms with Crippen LogP contribution in [0, 0.1) is 5.92 Å². The predicted molar refractivity (Wildman–Crippen MR) is 76.1 cm³/mol. The monoisotopic (exact) mass is 267 g/mol. The number of hydrogen-bond acceptors (Lipinski definition) is 2. The van der Waals surface area contributed by atoms with Gasteiger partial charge in [0.25, 0.3) is 0 Å². The highest BCUT2D eigenvalue weighted by atomic mass is 35.5. The van der Waals surface area contributed by atoms with Gasteiger partial charge in [-0.2, -0.15) is 0 Å². The number of benzene rings is 1. The number of rotatable bonds is 4. The van der Waals surface area contributed by atoms with Crippen molar-refractivity contribution >= 4 is 11.6 Å². The summed E-state index contributed by atoms with van der Waals surface area (Å²) in [5.41, 5.74) is 1.22. The molecule has 0 amide bonds. The van der Waals surface area contributed by atoms with Gasteiger partial charge in [-0.1, -0.05) is 36.7 Å². The first-order valence-corrected chi connectivity index (χ1v) is 7.12. The third-order valence-corrected chi connectivity index (χ3v) is 3.99. The van der Waals surface area contributed by atoms with Gasteiger partial charge in [0, 0.05) is 23.7 Å². The normalized spacial score (nSPS) is 25.9. The average molecular weight is 268 g/mol. The Labute approximate surface area is 115 Å². The number of hydrogen-bond donors (Lipinski definition) is 1. The van der Waals surface area contributed by atoms with E-state index in [9.17, 15) is 0 Å². The molecular formula is C15H22ClNO. The molecule has 0 bridgehead atoms. The van der Waals surface area contributed by atoms with E-state index in [-0.39, 0.29) is 0 Å². The summed E-state index contributed by atoms with van der Waals surface area (Å²) < 4.78 is 5.47. The van der Waals surface area contributed by atoms with Crippen molar-refractivity contribution in [3.63, 3.8) is 0 Å². The molecule has 2 nitrogen and oxygen atoms in total. The summed E-state index contributed by atoms with van der Waals surface area (Å²) in [6.45, 7) is 6.22. The minimum Gasteiger partial charge on any atom is -0.381 e. The highest BCUT2D eigenvalue weighted by molar-refractivity contribution is 6.31. The summed E-state index contributed by atoms with van der Waals surface area (Å²) in [4.78, 5) is 0. The van der Waals surface area contributed by atoms with Gasteiger partial charge in [-0.15, -0.1) is 0 Å². The fraction of sp³-hybridized carbons (Fsp3) is 0.600. The molecule has 1 aliphatic heterocycles. The maximum absolute atomic E-state index is 6.19. The largest absolute Gasteiger partial charge is 0.381 e. The number of ether oxygens (including phenoxy) is 1. The van der Waals surface area contributed by atoms with Crippen LogP contribution in [0.4, 0.5) is 0 Å². The lowest BCUT2D eigenvalue weighted by molar-refractivity contribution is 0.0364. The van der Waals surface area contributed by atoms with E-state index in [1.165, 1.54) is 5.56 Å². The Morgan fingerprint density at radius 1 is 1.44 bits per heavy atom. The molecule has 3 unspecified atom stereocenters. The van der Waals surface area contributed by atoms with Crippen LogP contribution in [0.3, 0.4) is 0 Å². The van der Waals surface area contributed by atoms with Crippen LogP contribution in [0.1, 0.15) is 25.8 Å². The molecule has 1 heterocycles.